The van der Waals surface area contributed by atoms with Crippen LogP contribution in [0.25, 0.3) is 0 Å². The van der Waals surface area contributed by atoms with Crippen molar-refractivity contribution < 1.29 is 19.4 Å². The Bertz CT molecular complexity index is 576. The fourth-order valence-corrected chi connectivity index (χ4v) is 3.66. The van der Waals surface area contributed by atoms with Crippen molar-refractivity contribution in [2.45, 2.75) is 56.9 Å². The second kappa shape index (κ2) is 7.69. The second-order valence-corrected chi connectivity index (χ2v) is 6.53. The number of nitrogens with zero attached hydrogens (tertiary/aromatic N) is 1. The lowest BCUT2D eigenvalue weighted by atomic mass is 9.79. The molecule has 5 heteroatoms. The van der Waals surface area contributed by atoms with Crippen LogP contribution in [-0.2, 0) is 9.59 Å². The van der Waals surface area contributed by atoms with Crippen molar-refractivity contribution in [2.75, 3.05) is 14.2 Å². The van der Waals surface area contributed by atoms with Gasteiger partial charge in [0.25, 0.3) is 0 Å². The number of benzene rings is 1. The summed E-state index contributed by atoms with van der Waals surface area (Å²) in [5.74, 6) is -0.600. The van der Waals surface area contributed by atoms with Crippen LogP contribution in [0.4, 0.5) is 0 Å². The van der Waals surface area contributed by atoms with Crippen LogP contribution in [0.15, 0.2) is 24.3 Å². The molecule has 0 saturated heterocycles. The number of hydrogen-bond donors (Lipinski definition) is 1. The van der Waals surface area contributed by atoms with Gasteiger partial charge in [0.1, 0.15) is 11.3 Å². The number of carboxylic acid groups (broad SMARTS) is 1. The monoisotopic (exact) mass is 333 g/mol. The van der Waals surface area contributed by atoms with Crippen molar-refractivity contribution >= 4 is 11.9 Å². The molecule has 1 amide bonds. The van der Waals surface area contributed by atoms with E-state index >= 15 is 0 Å². The first-order valence-corrected chi connectivity index (χ1v) is 8.61. The SMILES string of the molecule is CCC(C(=O)N(C)C1(C(=O)O)CCCCC1)c1ccc(OC)cc1. The van der Waals surface area contributed by atoms with Crippen molar-refractivity contribution in [3.63, 3.8) is 0 Å². The molecule has 1 aliphatic carbocycles. The van der Waals surface area contributed by atoms with Crippen molar-refractivity contribution in [3.8, 4) is 5.75 Å². The molecule has 1 saturated carbocycles. The number of aliphatic carboxylic acids is 1. The molecule has 1 atom stereocenters. The second-order valence-electron chi connectivity index (χ2n) is 6.53. The molecule has 5 nitrogen and oxygen atoms in total. The Morgan fingerprint density at radius 3 is 2.25 bits per heavy atom. The molecule has 24 heavy (non-hydrogen) atoms. The maximum atomic E-state index is 13.1. The molecule has 132 valence electrons. The molecule has 0 heterocycles. The van der Waals surface area contributed by atoms with E-state index in [1.807, 2.05) is 31.2 Å². The lowest BCUT2D eigenvalue weighted by Gasteiger charge is -2.42. The highest BCUT2D eigenvalue weighted by Crippen LogP contribution is 2.36. The van der Waals surface area contributed by atoms with Gasteiger partial charge in [0.05, 0.1) is 13.0 Å². The van der Waals surface area contributed by atoms with Crippen LogP contribution in [0.1, 0.15) is 56.9 Å². The predicted molar refractivity (Wildman–Crippen MR) is 92.2 cm³/mol. The highest BCUT2D eigenvalue weighted by Gasteiger charge is 2.46. The summed E-state index contributed by atoms with van der Waals surface area (Å²) >= 11 is 0. The van der Waals surface area contributed by atoms with Gasteiger partial charge in [-0.25, -0.2) is 4.79 Å². The van der Waals surface area contributed by atoms with Gasteiger partial charge in [-0.15, -0.1) is 0 Å². The van der Waals surface area contributed by atoms with Crippen LogP contribution in [-0.4, -0.2) is 41.6 Å². The Morgan fingerprint density at radius 1 is 1.21 bits per heavy atom. The Morgan fingerprint density at radius 2 is 1.79 bits per heavy atom. The number of ether oxygens (including phenoxy) is 1. The molecule has 1 N–H and O–H groups in total. The van der Waals surface area contributed by atoms with Gasteiger partial charge in [0.2, 0.25) is 5.91 Å². The summed E-state index contributed by atoms with van der Waals surface area (Å²) in [4.78, 5) is 26.5. The Balaban J connectivity index is 2.26. The smallest absolute Gasteiger partial charge is 0.329 e. The molecule has 1 aromatic carbocycles. The van der Waals surface area contributed by atoms with Gasteiger partial charge in [-0.1, -0.05) is 38.3 Å². The first kappa shape index (κ1) is 18.3. The quantitative estimate of drug-likeness (QED) is 0.866. The van der Waals surface area contributed by atoms with Crippen LogP contribution in [0.5, 0.6) is 5.75 Å². The number of rotatable bonds is 6. The third-order valence-corrected chi connectivity index (χ3v) is 5.28. The van der Waals surface area contributed by atoms with E-state index in [1.54, 1.807) is 14.2 Å². The van der Waals surface area contributed by atoms with Gasteiger partial charge in [-0.2, -0.15) is 0 Å². The highest BCUT2D eigenvalue weighted by molar-refractivity contribution is 5.90. The average Bonchev–Trinajstić information content (AvgIpc) is 2.62. The van der Waals surface area contributed by atoms with Crippen molar-refractivity contribution in [1.29, 1.82) is 0 Å². The zero-order chi connectivity index (χ0) is 17.7. The van der Waals surface area contributed by atoms with Crippen molar-refractivity contribution in [2.24, 2.45) is 0 Å². The van der Waals surface area contributed by atoms with Crippen LogP contribution in [0.3, 0.4) is 0 Å². The van der Waals surface area contributed by atoms with Gasteiger partial charge in [0.15, 0.2) is 0 Å². The molecule has 0 radical (unpaired) electrons. The predicted octanol–water partition coefficient (Wildman–Crippen LogP) is 3.43. The maximum Gasteiger partial charge on any atom is 0.329 e. The van der Waals surface area contributed by atoms with E-state index in [-0.39, 0.29) is 11.8 Å². The zero-order valence-electron chi connectivity index (χ0n) is 14.7. The Hall–Kier alpha value is -2.04. The van der Waals surface area contributed by atoms with Crippen molar-refractivity contribution in [1.82, 2.24) is 4.90 Å². The standard InChI is InChI=1S/C19H27NO4/c1-4-16(14-8-10-15(24-3)11-9-14)17(21)20(2)19(18(22)23)12-6-5-7-13-19/h8-11,16H,4-7,12-13H2,1-3H3,(H,22,23). The van der Waals surface area contributed by atoms with E-state index in [0.29, 0.717) is 19.3 Å². The van der Waals surface area contributed by atoms with E-state index in [4.69, 9.17) is 4.74 Å². The number of carbonyl (C=O) groups is 2. The highest BCUT2D eigenvalue weighted by atomic mass is 16.5. The minimum absolute atomic E-state index is 0.119. The number of hydrogen-bond acceptors (Lipinski definition) is 3. The molecule has 1 aliphatic rings. The van der Waals surface area contributed by atoms with Gasteiger partial charge in [-0.05, 0) is 37.0 Å². The zero-order valence-corrected chi connectivity index (χ0v) is 14.7. The molecule has 0 aliphatic heterocycles. The van der Waals surface area contributed by atoms with E-state index in [2.05, 4.69) is 0 Å². The Kier molecular flexibility index (Phi) is 5.86. The van der Waals surface area contributed by atoms with Gasteiger partial charge in [-0.3, -0.25) is 4.79 Å². The summed E-state index contributed by atoms with van der Waals surface area (Å²) in [6.07, 6.45) is 4.43. The van der Waals surface area contributed by atoms with Crippen LogP contribution in [0.2, 0.25) is 0 Å². The minimum Gasteiger partial charge on any atom is -0.497 e. The number of carbonyl (C=O) groups excluding carboxylic acids is 1. The largest absolute Gasteiger partial charge is 0.497 e. The van der Waals surface area contributed by atoms with Crippen LogP contribution in [0, 0.1) is 0 Å². The molecular weight excluding hydrogens is 306 g/mol. The normalized spacial score (nSPS) is 17.8. The number of methoxy groups -OCH3 is 1. The van der Waals surface area contributed by atoms with Gasteiger partial charge < -0.3 is 14.7 Å². The summed E-state index contributed by atoms with van der Waals surface area (Å²) < 4.78 is 5.16. The molecule has 1 fully saturated rings. The van der Waals surface area contributed by atoms with E-state index in [0.717, 1.165) is 30.6 Å². The summed E-state index contributed by atoms with van der Waals surface area (Å²) in [5.41, 5.74) is -0.165. The molecule has 0 bridgehead atoms. The lowest BCUT2D eigenvalue weighted by molar-refractivity contribution is -0.161. The molecule has 1 unspecified atom stereocenters. The topological polar surface area (TPSA) is 66.8 Å². The number of carboxylic acids is 1. The van der Waals surface area contributed by atoms with Crippen LogP contribution >= 0.6 is 0 Å². The molecule has 1 aromatic rings. The van der Waals surface area contributed by atoms with Gasteiger partial charge in [0, 0.05) is 7.05 Å². The maximum absolute atomic E-state index is 13.1. The van der Waals surface area contributed by atoms with Crippen LogP contribution < -0.4 is 4.74 Å². The van der Waals surface area contributed by atoms with E-state index in [9.17, 15) is 14.7 Å². The number of amides is 1. The first-order valence-electron chi connectivity index (χ1n) is 8.61. The third kappa shape index (κ3) is 3.40. The van der Waals surface area contributed by atoms with Gasteiger partial charge >= 0.3 is 5.97 Å². The molecule has 0 spiro atoms. The summed E-state index contributed by atoms with van der Waals surface area (Å²) in [6.45, 7) is 1.95. The fourth-order valence-electron chi connectivity index (χ4n) is 3.66. The summed E-state index contributed by atoms with van der Waals surface area (Å²) in [5, 5.41) is 9.79. The van der Waals surface area contributed by atoms with E-state index < -0.39 is 11.5 Å². The first-order chi connectivity index (χ1) is 11.5. The molecule has 2 rings (SSSR count). The van der Waals surface area contributed by atoms with E-state index in [1.165, 1.54) is 4.90 Å². The molecular formula is C19H27NO4. The third-order valence-electron chi connectivity index (χ3n) is 5.28. The fraction of sp³-hybridized carbons (Fsp3) is 0.579. The summed E-state index contributed by atoms with van der Waals surface area (Å²) in [6, 6.07) is 7.43. The van der Waals surface area contributed by atoms with Crippen molar-refractivity contribution in [3.05, 3.63) is 29.8 Å². The summed E-state index contributed by atoms with van der Waals surface area (Å²) in [7, 11) is 3.25. The Labute approximate surface area is 143 Å². The average molecular weight is 333 g/mol. The lowest BCUT2D eigenvalue weighted by Crippen LogP contribution is -2.57. The minimum atomic E-state index is -1.06. The number of likely N-dealkylation sites (N-methyl/N-ethyl adjacent to an activating group) is 1. The molecule has 0 aromatic heterocycles.